The van der Waals surface area contributed by atoms with E-state index in [0.717, 1.165) is 6.42 Å². The number of rotatable bonds is 4. The maximum Gasteiger partial charge on any atom is 0.0940 e. The van der Waals surface area contributed by atoms with Crippen molar-refractivity contribution in [2.24, 2.45) is 0 Å². The Kier molecular flexibility index (Phi) is 4.05. The number of ether oxygens (including phenoxy) is 1. The predicted molar refractivity (Wildman–Crippen MR) is 30.7 cm³/mol. The van der Waals surface area contributed by atoms with Crippen LogP contribution in [0.3, 0.4) is 0 Å². The average molecular weight is 131 g/mol. The van der Waals surface area contributed by atoms with Crippen LogP contribution in [0.2, 0.25) is 0 Å². The van der Waals surface area contributed by atoms with Crippen LogP contribution in [0.25, 0.3) is 0 Å². The van der Waals surface area contributed by atoms with Gasteiger partial charge in [0.2, 0.25) is 0 Å². The summed E-state index contributed by atoms with van der Waals surface area (Å²) in [4.78, 5) is 9.97. The van der Waals surface area contributed by atoms with Gasteiger partial charge in [0.15, 0.2) is 0 Å². The molecule has 0 aliphatic rings. The largest absolute Gasteiger partial charge is 0.547 e. The van der Waals surface area contributed by atoms with Crippen LogP contribution in [0.4, 0.5) is 0 Å². The summed E-state index contributed by atoms with van der Waals surface area (Å²) in [5, 5.41) is 9.97. The first-order valence-corrected chi connectivity index (χ1v) is 3.01. The molecule has 0 rings (SSSR count). The molecule has 3 heteroatoms. The Balaban J connectivity index is 3.27. The van der Waals surface area contributed by atoms with E-state index in [0.29, 0.717) is 6.61 Å². The number of carbonyl (C=O) groups is 1. The van der Waals surface area contributed by atoms with Crippen LogP contribution in [0.1, 0.15) is 20.3 Å². The van der Waals surface area contributed by atoms with Crippen LogP contribution < -0.4 is 5.11 Å². The van der Waals surface area contributed by atoms with Crippen molar-refractivity contribution >= 4 is 5.97 Å². The second kappa shape index (κ2) is 4.32. The third kappa shape index (κ3) is 3.97. The van der Waals surface area contributed by atoms with Crippen molar-refractivity contribution in [3.05, 3.63) is 0 Å². The topological polar surface area (TPSA) is 49.4 Å². The van der Waals surface area contributed by atoms with E-state index >= 15 is 0 Å². The number of carboxylic acids is 1. The second-order valence-electron chi connectivity index (χ2n) is 1.83. The summed E-state index contributed by atoms with van der Waals surface area (Å²) >= 11 is 0. The predicted octanol–water partition coefficient (Wildman–Crippen LogP) is -0.449. The van der Waals surface area contributed by atoms with Crippen molar-refractivity contribution in [1.82, 2.24) is 0 Å². The highest BCUT2D eigenvalue weighted by atomic mass is 16.5. The van der Waals surface area contributed by atoms with Gasteiger partial charge in [-0.15, -0.1) is 0 Å². The summed E-state index contributed by atoms with van der Waals surface area (Å²) in [6, 6.07) is 0. The number of hydrogen-bond donors (Lipinski definition) is 0. The number of carboxylic acid groups (broad SMARTS) is 1. The molecule has 0 aliphatic carbocycles. The lowest BCUT2D eigenvalue weighted by Crippen LogP contribution is -2.35. The van der Waals surface area contributed by atoms with E-state index in [2.05, 4.69) is 0 Å². The first-order valence-electron chi connectivity index (χ1n) is 3.01. The monoisotopic (exact) mass is 131 g/mol. The maximum atomic E-state index is 9.97. The molecular weight excluding hydrogens is 120 g/mol. The number of aliphatic carboxylic acids is 1. The minimum Gasteiger partial charge on any atom is -0.547 e. The van der Waals surface area contributed by atoms with Crippen molar-refractivity contribution in [3.8, 4) is 0 Å². The quantitative estimate of drug-likeness (QED) is 0.519. The first kappa shape index (κ1) is 8.43. The molecule has 0 spiro atoms. The summed E-state index contributed by atoms with van der Waals surface area (Å²) in [5.41, 5.74) is 0. The lowest BCUT2D eigenvalue weighted by atomic mass is 10.4. The standard InChI is InChI=1S/C6H12O3/c1-3-4-9-5(2)6(7)8/h5H,3-4H2,1-2H3,(H,7,8)/p-1. The van der Waals surface area contributed by atoms with Gasteiger partial charge in [-0.3, -0.25) is 0 Å². The Labute approximate surface area is 54.6 Å². The number of carbonyl (C=O) groups excluding carboxylic acids is 1. The highest BCUT2D eigenvalue weighted by Gasteiger charge is 1.99. The zero-order valence-electron chi connectivity index (χ0n) is 5.72. The SMILES string of the molecule is CCCOC(C)C(=O)[O-]. The zero-order valence-corrected chi connectivity index (χ0v) is 5.72. The fraction of sp³-hybridized carbons (Fsp3) is 0.833. The van der Waals surface area contributed by atoms with Crippen molar-refractivity contribution in [1.29, 1.82) is 0 Å². The molecule has 1 atom stereocenters. The van der Waals surface area contributed by atoms with Crippen LogP contribution >= 0.6 is 0 Å². The van der Waals surface area contributed by atoms with E-state index in [1.165, 1.54) is 6.92 Å². The van der Waals surface area contributed by atoms with Crippen LogP contribution in [0, 0.1) is 0 Å². The molecule has 0 aromatic heterocycles. The van der Waals surface area contributed by atoms with Crippen LogP contribution in [-0.2, 0) is 9.53 Å². The number of hydrogen-bond acceptors (Lipinski definition) is 3. The van der Waals surface area contributed by atoms with Crippen LogP contribution in [0.5, 0.6) is 0 Å². The van der Waals surface area contributed by atoms with Gasteiger partial charge in [0, 0.05) is 6.61 Å². The average Bonchev–Trinajstić information content (AvgIpc) is 1.82. The fourth-order valence-corrected chi connectivity index (χ4v) is 0.363. The molecule has 0 radical (unpaired) electrons. The Hall–Kier alpha value is -0.570. The van der Waals surface area contributed by atoms with Crippen molar-refractivity contribution in [2.45, 2.75) is 26.4 Å². The Morgan fingerprint density at radius 1 is 1.78 bits per heavy atom. The molecule has 0 fully saturated rings. The molecule has 0 amide bonds. The van der Waals surface area contributed by atoms with E-state index in [1.54, 1.807) is 0 Å². The van der Waals surface area contributed by atoms with Crippen molar-refractivity contribution < 1.29 is 14.6 Å². The first-order chi connectivity index (χ1) is 4.18. The van der Waals surface area contributed by atoms with Crippen molar-refractivity contribution in [2.75, 3.05) is 6.61 Å². The van der Waals surface area contributed by atoms with E-state index in [4.69, 9.17) is 4.74 Å². The maximum absolute atomic E-state index is 9.97. The van der Waals surface area contributed by atoms with Gasteiger partial charge >= 0.3 is 0 Å². The van der Waals surface area contributed by atoms with Crippen LogP contribution in [-0.4, -0.2) is 18.7 Å². The Morgan fingerprint density at radius 3 is 2.67 bits per heavy atom. The van der Waals surface area contributed by atoms with E-state index in [9.17, 15) is 9.90 Å². The minimum absolute atomic E-state index is 0.481. The lowest BCUT2D eigenvalue weighted by Gasteiger charge is -2.11. The molecule has 0 saturated heterocycles. The summed E-state index contributed by atoms with van der Waals surface area (Å²) in [6.07, 6.45) is 0.0578. The zero-order chi connectivity index (χ0) is 7.28. The minimum atomic E-state index is -1.15. The molecule has 0 bridgehead atoms. The van der Waals surface area contributed by atoms with E-state index < -0.39 is 12.1 Å². The van der Waals surface area contributed by atoms with Crippen LogP contribution in [0.15, 0.2) is 0 Å². The van der Waals surface area contributed by atoms with E-state index in [-0.39, 0.29) is 0 Å². The van der Waals surface area contributed by atoms with E-state index in [1.807, 2.05) is 6.92 Å². The Bertz CT molecular complexity index is 90.3. The highest BCUT2D eigenvalue weighted by Crippen LogP contribution is 1.88. The van der Waals surface area contributed by atoms with Gasteiger partial charge in [0.25, 0.3) is 0 Å². The second-order valence-corrected chi connectivity index (χ2v) is 1.83. The molecule has 0 aliphatic heterocycles. The van der Waals surface area contributed by atoms with Gasteiger partial charge in [-0.1, -0.05) is 6.92 Å². The van der Waals surface area contributed by atoms with Gasteiger partial charge in [0.1, 0.15) is 0 Å². The molecule has 1 unspecified atom stereocenters. The third-order valence-electron chi connectivity index (χ3n) is 0.904. The molecule has 54 valence electrons. The van der Waals surface area contributed by atoms with Gasteiger partial charge in [-0.05, 0) is 13.3 Å². The van der Waals surface area contributed by atoms with Gasteiger partial charge in [-0.25, -0.2) is 0 Å². The Morgan fingerprint density at radius 2 is 2.33 bits per heavy atom. The summed E-state index contributed by atoms with van der Waals surface area (Å²) in [5.74, 6) is -1.15. The summed E-state index contributed by atoms with van der Waals surface area (Å²) in [7, 11) is 0. The molecule has 0 aromatic rings. The molecule has 0 heterocycles. The smallest absolute Gasteiger partial charge is 0.0940 e. The molecule has 9 heavy (non-hydrogen) atoms. The normalized spacial score (nSPS) is 13.1. The molecule has 0 aromatic carbocycles. The summed E-state index contributed by atoms with van der Waals surface area (Å²) in [6.45, 7) is 3.86. The summed E-state index contributed by atoms with van der Waals surface area (Å²) < 4.78 is 4.79. The lowest BCUT2D eigenvalue weighted by molar-refractivity contribution is -0.315. The van der Waals surface area contributed by atoms with Gasteiger partial charge in [0.05, 0.1) is 12.1 Å². The highest BCUT2D eigenvalue weighted by molar-refractivity contribution is 5.69. The molecular formula is C6H11O3-. The third-order valence-corrected chi connectivity index (χ3v) is 0.904. The van der Waals surface area contributed by atoms with Gasteiger partial charge in [-0.2, -0.15) is 0 Å². The fourth-order valence-electron chi connectivity index (χ4n) is 0.363. The van der Waals surface area contributed by atoms with Crippen molar-refractivity contribution in [3.63, 3.8) is 0 Å². The molecule has 3 nitrogen and oxygen atoms in total. The molecule has 0 saturated carbocycles. The molecule has 0 N–H and O–H groups in total. The van der Waals surface area contributed by atoms with Gasteiger partial charge < -0.3 is 14.6 Å².